The molecule has 3 aromatic rings. The number of nitrogens with one attached hydrogen (secondary N) is 2. The van der Waals surface area contributed by atoms with Gasteiger partial charge in [-0.1, -0.05) is 29.8 Å². The molecule has 0 saturated heterocycles. The Balaban J connectivity index is 1.92. The largest absolute Gasteiger partial charge is 0.422 e. The fraction of sp³-hybridized carbons (Fsp3) is 0.167. The van der Waals surface area contributed by atoms with E-state index in [0.717, 1.165) is 22.4 Å². The van der Waals surface area contributed by atoms with Crippen molar-refractivity contribution in [3.63, 3.8) is 0 Å². The molecule has 0 saturated carbocycles. The first kappa shape index (κ1) is 14.7. The Hall–Kier alpha value is -2.91. The van der Waals surface area contributed by atoms with Crippen molar-refractivity contribution in [3.8, 4) is 23.2 Å². The quantitative estimate of drug-likeness (QED) is 0.740. The number of fused-ring (bicyclic) bond motifs is 1. The number of hydrogen-bond acceptors (Lipinski definition) is 5. The van der Waals surface area contributed by atoms with Gasteiger partial charge in [-0.2, -0.15) is 16.6 Å². The Labute approximate surface area is 143 Å². The zero-order chi connectivity index (χ0) is 16.7. The lowest BCUT2D eigenvalue weighted by Crippen LogP contribution is -2.30. The second-order valence-electron chi connectivity index (χ2n) is 5.79. The van der Waals surface area contributed by atoms with Crippen molar-refractivity contribution in [2.75, 3.05) is 0 Å². The highest BCUT2D eigenvalue weighted by molar-refractivity contribution is 7.08. The van der Waals surface area contributed by atoms with E-state index in [1.54, 1.807) is 11.3 Å². The SMILES string of the molecule is Cc1ccc(-c2[nH]nc3c2C(c2ccsc2)C(C#N)C(=N)O3)cc1. The highest BCUT2D eigenvalue weighted by Gasteiger charge is 2.40. The average molecular weight is 334 g/mol. The van der Waals surface area contributed by atoms with Gasteiger partial charge in [0.2, 0.25) is 11.8 Å². The number of aryl methyl sites for hydroxylation is 1. The molecule has 0 bridgehead atoms. The van der Waals surface area contributed by atoms with Crippen LogP contribution in [0.25, 0.3) is 11.3 Å². The maximum absolute atomic E-state index is 9.59. The number of thiophene rings is 1. The summed E-state index contributed by atoms with van der Waals surface area (Å²) in [5, 5.41) is 28.9. The van der Waals surface area contributed by atoms with E-state index in [2.05, 4.69) is 16.3 Å². The van der Waals surface area contributed by atoms with Gasteiger partial charge in [-0.3, -0.25) is 10.5 Å². The second-order valence-corrected chi connectivity index (χ2v) is 6.57. The summed E-state index contributed by atoms with van der Waals surface area (Å²) in [6, 6.07) is 12.3. The topological polar surface area (TPSA) is 85.5 Å². The Morgan fingerprint density at radius 1 is 1.29 bits per heavy atom. The van der Waals surface area contributed by atoms with E-state index in [0.29, 0.717) is 5.88 Å². The summed E-state index contributed by atoms with van der Waals surface area (Å²) >= 11 is 1.58. The van der Waals surface area contributed by atoms with Gasteiger partial charge in [-0.25, -0.2) is 0 Å². The van der Waals surface area contributed by atoms with E-state index < -0.39 is 5.92 Å². The summed E-state index contributed by atoms with van der Waals surface area (Å²) in [6.45, 7) is 2.04. The smallest absolute Gasteiger partial charge is 0.244 e. The molecule has 0 spiro atoms. The van der Waals surface area contributed by atoms with Gasteiger partial charge in [0.25, 0.3) is 0 Å². The fourth-order valence-corrected chi connectivity index (χ4v) is 3.77. The summed E-state index contributed by atoms with van der Waals surface area (Å²) in [7, 11) is 0. The van der Waals surface area contributed by atoms with Gasteiger partial charge in [-0.05, 0) is 34.9 Å². The standard InChI is InChI=1S/C18H14N4OS/c1-10-2-4-11(5-3-10)16-15-14(12-6-7-24-9-12)13(8-19)17(20)23-18(15)22-21-16/h2-7,9,13-14,20H,1H3,(H,21,22). The number of ether oxygens (including phenoxy) is 1. The van der Waals surface area contributed by atoms with Crippen LogP contribution in [0.5, 0.6) is 5.88 Å². The minimum absolute atomic E-state index is 0.0526. The Kier molecular flexibility index (Phi) is 3.44. The molecule has 0 amide bonds. The lowest BCUT2D eigenvalue weighted by molar-refractivity contribution is 0.437. The Morgan fingerprint density at radius 2 is 2.08 bits per heavy atom. The van der Waals surface area contributed by atoms with Crippen LogP contribution in [0.15, 0.2) is 41.1 Å². The first-order valence-electron chi connectivity index (χ1n) is 7.52. The van der Waals surface area contributed by atoms with Crippen LogP contribution in [0.4, 0.5) is 0 Å². The molecule has 4 rings (SSSR count). The van der Waals surface area contributed by atoms with Crippen molar-refractivity contribution in [1.82, 2.24) is 10.2 Å². The molecule has 1 aliphatic heterocycles. The lowest BCUT2D eigenvalue weighted by atomic mass is 9.80. The number of nitriles is 1. The van der Waals surface area contributed by atoms with Crippen molar-refractivity contribution in [1.29, 1.82) is 10.7 Å². The predicted molar refractivity (Wildman–Crippen MR) is 92.4 cm³/mol. The van der Waals surface area contributed by atoms with Gasteiger partial charge in [-0.15, -0.1) is 5.10 Å². The maximum Gasteiger partial charge on any atom is 0.244 e. The molecule has 2 aromatic heterocycles. The van der Waals surface area contributed by atoms with Crippen molar-refractivity contribution >= 4 is 17.2 Å². The maximum atomic E-state index is 9.59. The highest BCUT2D eigenvalue weighted by Crippen LogP contribution is 2.46. The molecule has 1 aromatic carbocycles. The molecule has 6 heteroatoms. The minimum atomic E-state index is -0.658. The Bertz CT molecular complexity index is 935. The number of aromatic nitrogens is 2. The highest BCUT2D eigenvalue weighted by atomic mass is 32.1. The number of rotatable bonds is 2. The monoisotopic (exact) mass is 334 g/mol. The number of aromatic amines is 1. The van der Waals surface area contributed by atoms with Gasteiger partial charge < -0.3 is 4.74 Å². The van der Waals surface area contributed by atoms with Gasteiger partial charge in [0.05, 0.1) is 17.3 Å². The van der Waals surface area contributed by atoms with Crippen molar-refractivity contribution in [2.24, 2.45) is 5.92 Å². The molecule has 0 fully saturated rings. The van der Waals surface area contributed by atoms with E-state index in [1.807, 2.05) is 48.0 Å². The molecule has 1 aliphatic rings. The summed E-state index contributed by atoms with van der Waals surface area (Å²) < 4.78 is 5.51. The van der Waals surface area contributed by atoms with Crippen molar-refractivity contribution in [3.05, 3.63) is 57.8 Å². The normalized spacial score (nSPS) is 19.4. The van der Waals surface area contributed by atoms with Crippen LogP contribution in [0.2, 0.25) is 0 Å². The third-order valence-electron chi connectivity index (χ3n) is 4.28. The third kappa shape index (κ3) is 2.22. The van der Waals surface area contributed by atoms with Crippen LogP contribution in [-0.4, -0.2) is 16.1 Å². The Morgan fingerprint density at radius 3 is 2.75 bits per heavy atom. The molecule has 3 heterocycles. The average Bonchev–Trinajstić information content (AvgIpc) is 3.24. The van der Waals surface area contributed by atoms with Crippen molar-refractivity contribution in [2.45, 2.75) is 12.8 Å². The van der Waals surface area contributed by atoms with E-state index in [1.165, 1.54) is 5.56 Å². The van der Waals surface area contributed by atoms with Gasteiger partial charge in [0.15, 0.2) is 0 Å². The first-order valence-corrected chi connectivity index (χ1v) is 8.46. The molecule has 0 aliphatic carbocycles. The summed E-state index contributed by atoms with van der Waals surface area (Å²) in [6.07, 6.45) is 0. The number of hydrogen-bond donors (Lipinski definition) is 2. The van der Waals surface area contributed by atoms with E-state index >= 15 is 0 Å². The fourth-order valence-electron chi connectivity index (χ4n) is 3.07. The molecule has 2 unspecified atom stereocenters. The second kappa shape index (κ2) is 5.62. The van der Waals surface area contributed by atoms with Gasteiger partial charge in [0.1, 0.15) is 5.92 Å². The first-order chi connectivity index (χ1) is 11.7. The molecular formula is C18H14N4OS. The number of benzene rings is 1. The molecular weight excluding hydrogens is 320 g/mol. The van der Waals surface area contributed by atoms with Gasteiger partial charge in [0, 0.05) is 5.92 Å². The zero-order valence-electron chi connectivity index (χ0n) is 12.9. The predicted octanol–water partition coefficient (Wildman–Crippen LogP) is 4.09. The number of nitrogens with zero attached hydrogens (tertiary/aromatic N) is 2. The molecule has 2 N–H and O–H groups in total. The third-order valence-corrected chi connectivity index (χ3v) is 4.99. The molecule has 118 valence electrons. The van der Waals surface area contributed by atoms with E-state index in [4.69, 9.17) is 10.1 Å². The van der Waals surface area contributed by atoms with Crippen LogP contribution in [-0.2, 0) is 0 Å². The van der Waals surface area contributed by atoms with Crippen LogP contribution >= 0.6 is 11.3 Å². The molecule has 0 radical (unpaired) electrons. The van der Waals surface area contributed by atoms with E-state index in [9.17, 15) is 5.26 Å². The van der Waals surface area contributed by atoms with Crippen LogP contribution in [0, 0.1) is 29.6 Å². The summed E-state index contributed by atoms with van der Waals surface area (Å²) in [5.41, 5.74) is 4.86. The van der Waals surface area contributed by atoms with Crippen molar-refractivity contribution < 1.29 is 4.74 Å². The lowest BCUT2D eigenvalue weighted by Gasteiger charge is -2.27. The van der Waals surface area contributed by atoms with E-state index in [-0.39, 0.29) is 11.8 Å². The zero-order valence-corrected chi connectivity index (χ0v) is 13.7. The van der Waals surface area contributed by atoms with Crippen LogP contribution in [0.1, 0.15) is 22.6 Å². The van der Waals surface area contributed by atoms with Crippen LogP contribution < -0.4 is 4.74 Å². The van der Waals surface area contributed by atoms with Gasteiger partial charge >= 0.3 is 0 Å². The van der Waals surface area contributed by atoms with Crippen LogP contribution in [0.3, 0.4) is 0 Å². The number of H-pyrrole nitrogens is 1. The molecule has 5 nitrogen and oxygen atoms in total. The summed E-state index contributed by atoms with van der Waals surface area (Å²) in [4.78, 5) is 0. The summed E-state index contributed by atoms with van der Waals surface area (Å²) in [5.74, 6) is -0.581. The molecule has 2 atom stereocenters. The molecule has 24 heavy (non-hydrogen) atoms. The minimum Gasteiger partial charge on any atom is -0.422 e.